The highest BCUT2D eigenvalue weighted by molar-refractivity contribution is 14.1. The van der Waals surface area contributed by atoms with Crippen LogP contribution < -0.4 is 11.1 Å². The Kier molecular flexibility index (Phi) is 4.91. The largest absolute Gasteiger partial charge is 0.399 e. The lowest BCUT2D eigenvalue weighted by Gasteiger charge is -2.09. The van der Waals surface area contributed by atoms with Crippen molar-refractivity contribution in [3.8, 4) is 0 Å². The molecule has 1 fully saturated rings. The molecule has 0 amide bonds. The minimum absolute atomic E-state index is 0.813. The lowest BCUT2D eigenvalue weighted by Crippen LogP contribution is -2.07. The zero-order valence-corrected chi connectivity index (χ0v) is 12.1. The number of nitrogens with one attached hydrogen (secondary N) is 1. The van der Waals surface area contributed by atoms with Gasteiger partial charge in [0.25, 0.3) is 0 Å². The second kappa shape index (κ2) is 6.44. The van der Waals surface area contributed by atoms with Gasteiger partial charge in [-0.1, -0.05) is 0 Å². The van der Waals surface area contributed by atoms with Gasteiger partial charge < -0.3 is 15.8 Å². The van der Waals surface area contributed by atoms with Crippen molar-refractivity contribution >= 4 is 34.0 Å². The standard InChI is InChI=1S/C13H19IN2O/c14-12-8-11(15)4-5-13(12)16-6-1-7-17-9-10-2-3-10/h4-5,8,10,16H,1-3,6-7,9,15H2. The van der Waals surface area contributed by atoms with Gasteiger partial charge in [0.1, 0.15) is 0 Å². The van der Waals surface area contributed by atoms with E-state index in [-0.39, 0.29) is 0 Å². The predicted octanol–water partition coefficient (Wildman–Crippen LogP) is 3.10. The molecular weight excluding hydrogens is 327 g/mol. The first-order valence-corrected chi connectivity index (χ1v) is 7.20. The summed E-state index contributed by atoms with van der Waals surface area (Å²) in [7, 11) is 0. The van der Waals surface area contributed by atoms with Gasteiger partial charge in [0, 0.05) is 34.7 Å². The lowest BCUT2D eigenvalue weighted by atomic mass is 10.3. The molecule has 1 aromatic rings. The van der Waals surface area contributed by atoms with Crippen molar-refractivity contribution in [2.45, 2.75) is 19.3 Å². The van der Waals surface area contributed by atoms with Crippen LogP contribution in [0.3, 0.4) is 0 Å². The van der Waals surface area contributed by atoms with Gasteiger partial charge in [-0.05, 0) is 66.0 Å². The highest BCUT2D eigenvalue weighted by atomic mass is 127. The fraction of sp³-hybridized carbons (Fsp3) is 0.538. The minimum Gasteiger partial charge on any atom is -0.399 e. The number of ether oxygens (including phenoxy) is 1. The molecule has 1 aliphatic carbocycles. The minimum atomic E-state index is 0.813. The number of nitrogen functional groups attached to an aromatic ring is 1. The van der Waals surface area contributed by atoms with E-state index in [0.717, 1.165) is 43.5 Å². The van der Waals surface area contributed by atoms with E-state index >= 15 is 0 Å². The zero-order valence-electron chi connectivity index (χ0n) is 9.92. The van der Waals surface area contributed by atoms with E-state index in [1.54, 1.807) is 0 Å². The van der Waals surface area contributed by atoms with E-state index in [1.165, 1.54) is 16.4 Å². The van der Waals surface area contributed by atoms with Crippen LogP contribution in [0, 0.1) is 9.49 Å². The van der Waals surface area contributed by atoms with E-state index in [9.17, 15) is 0 Å². The fourth-order valence-electron chi connectivity index (χ4n) is 1.61. The summed E-state index contributed by atoms with van der Waals surface area (Å²) in [5, 5.41) is 3.40. The molecule has 1 aliphatic rings. The van der Waals surface area contributed by atoms with Crippen LogP contribution in [0.5, 0.6) is 0 Å². The monoisotopic (exact) mass is 346 g/mol. The molecular formula is C13H19IN2O. The second-order valence-corrected chi connectivity index (χ2v) is 5.70. The van der Waals surface area contributed by atoms with Gasteiger partial charge in [-0.2, -0.15) is 0 Å². The highest BCUT2D eigenvalue weighted by Gasteiger charge is 2.20. The van der Waals surface area contributed by atoms with Gasteiger partial charge >= 0.3 is 0 Å². The molecule has 3 nitrogen and oxygen atoms in total. The summed E-state index contributed by atoms with van der Waals surface area (Å²) in [5.74, 6) is 0.862. The predicted molar refractivity (Wildman–Crippen MR) is 80.2 cm³/mol. The molecule has 17 heavy (non-hydrogen) atoms. The Bertz CT molecular complexity index is 366. The number of rotatable bonds is 7. The van der Waals surface area contributed by atoms with Gasteiger partial charge in [0.15, 0.2) is 0 Å². The van der Waals surface area contributed by atoms with E-state index in [4.69, 9.17) is 10.5 Å². The molecule has 3 N–H and O–H groups in total. The summed E-state index contributed by atoms with van der Waals surface area (Å²) in [4.78, 5) is 0. The molecule has 0 saturated heterocycles. The molecule has 0 radical (unpaired) electrons. The van der Waals surface area contributed by atoms with Crippen LogP contribution in [0.2, 0.25) is 0 Å². The molecule has 0 unspecified atom stereocenters. The Labute approximate surface area is 116 Å². The fourth-order valence-corrected chi connectivity index (χ4v) is 2.34. The average Bonchev–Trinajstić information content (AvgIpc) is 3.09. The maximum atomic E-state index is 5.70. The summed E-state index contributed by atoms with van der Waals surface area (Å²) in [6.45, 7) is 2.76. The smallest absolute Gasteiger partial charge is 0.0494 e. The number of halogens is 1. The number of hydrogen-bond donors (Lipinski definition) is 2. The highest BCUT2D eigenvalue weighted by Crippen LogP contribution is 2.28. The first-order chi connectivity index (χ1) is 8.25. The molecule has 0 bridgehead atoms. The van der Waals surface area contributed by atoms with Gasteiger partial charge in [0.05, 0.1) is 0 Å². The third kappa shape index (κ3) is 4.71. The molecule has 2 rings (SSSR count). The van der Waals surface area contributed by atoms with Crippen LogP contribution in [0.1, 0.15) is 19.3 Å². The van der Waals surface area contributed by atoms with Crippen LogP contribution in [0.25, 0.3) is 0 Å². The second-order valence-electron chi connectivity index (χ2n) is 4.54. The molecule has 1 saturated carbocycles. The maximum Gasteiger partial charge on any atom is 0.0494 e. The van der Waals surface area contributed by atoms with Crippen molar-refractivity contribution in [2.24, 2.45) is 5.92 Å². The molecule has 0 atom stereocenters. The molecule has 0 aromatic heterocycles. The van der Waals surface area contributed by atoms with Crippen LogP contribution in [0.15, 0.2) is 18.2 Å². The number of nitrogens with two attached hydrogens (primary N) is 1. The van der Waals surface area contributed by atoms with Crippen molar-refractivity contribution < 1.29 is 4.74 Å². The summed E-state index contributed by atoms with van der Waals surface area (Å²) in [6.07, 6.45) is 3.77. The van der Waals surface area contributed by atoms with Gasteiger partial charge in [-0.25, -0.2) is 0 Å². The maximum absolute atomic E-state index is 5.70. The van der Waals surface area contributed by atoms with Crippen LogP contribution in [-0.4, -0.2) is 19.8 Å². The van der Waals surface area contributed by atoms with E-state index < -0.39 is 0 Å². The lowest BCUT2D eigenvalue weighted by molar-refractivity contribution is 0.124. The average molecular weight is 346 g/mol. The SMILES string of the molecule is Nc1ccc(NCCCOCC2CC2)c(I)c1. The number of hydrogen-bond acceptors (Lipinski definition) is 3. The summed E-state index contributed by atoms with van der Waals surface area (Å²) < 4.78 is 6.75. The third-order valence-corrected chi connectivity index (χ3v) is 3.72. The van der Waals surface area contributed by atoms with Gasteiger partial charge in [0.2, 0.25) is 0 Å². The Morgan fingerprint density at radius 3 is 2.94 bits per heavy atom. The first-order valence-electron chi connectivity index (χ1n) is 6.12. The van der Waals surface area contributed by atoms with Crippen molar-refractivity contribution in [2.75, 3.05) is 30.8 Å². The quantitative estimate of drug-likeness (QED) is 0.453. The Morgan fingerprint density at radius 2 is 2.24 bits per heavy atom. The Hall–Kier alpha value is -0.490. The molecule has 0 aliphatic heterocycles. The Balaban J connectivity index is 1.60. The molecule has 0 spiro atoms. The number of anilines is 2. The molecule has 0 heterocycles. The normalized spacial score (nSPS) is 14.9. The number of benzene rings is 1. The third-order valence-electron chi connectivity index (χ3n) is 2.82. The van der Waals surface area contributed by atoms with E-state index in [0.29, 0.717) is 0 Å². The van der Waals surface area contributed by atoms with Crippen molar-refractivity contribution in [1.29, 1.82) is 0 Å². The summed E-state index contributed by atoms with van der Waals surface area (Å²) in [5.41, 5.74) is 7.67. The Morgan fingerprint density at radius 1 is 1.41 bits per heavy atom. The van der Waals surface area contributed by atoms with Crippen LogP contribution in [-0.2, 0) is 4.74 Å². The molecule has 1 aromatic carbocycles. The van der Waals surface area contributed by atoms with Gasteiger partial charge in [-0.15, -0.1) is 0 Å². The summed E-state index contributed by atoms with van der Waals surface area (Å²) >= 11 is 2.30. The first kappa shape index (κ1) is 13.0. The molecule has 94 valence electrons. The van der Waals surface area contributed by atoms with Crippen molar-refractivity contribution in [3.63, 3.8) is 0 Å². The van der Waals surface area contributed by atoms with Crippen molar-refractivity contribution in [1.82, 2.24) is 0 Å². The van der Waals surface area contributed by atoms with E-state index in [2.05, 4.69) is 27.9 Å². The summed E-state index contributed by atoms with van der Waals surface area (Å²) in [6, 6.07) is 5.93. The van der Waals surface area contributed by atoms with Crippen LogP contribution in [0.4, 0.5) is 11.4 Å². The van der Waals surface area contributed by atoms with E-state index in [1.807, 2.05) is 18.2 Å². The molecule has 4 heteroatoms. The van der Waals surface area contributed by atoms with Gasteiger partial charge in [-0.3, -0.25) is 0 Å². The zero-order chi connectivity index (χ0) is 12.1. The topological polar surface area (TPSA) is 47.3 Å². The van der Waals surface area contributed by atoms with Crippen molar-refractivity contribution in [3.05, 3.63) is 21.8 Å². The van der Waals surface area contributed by atoms with Crippen LogP contribution >= 0.6 is 22.6 Å².